The van der Waals surface area contributed by atoms with E-state index in [4.69, 9.17) is 0 Å². The molecule has 4 nitrogen and oxygen atoms in total. The summed E-state index contributed by atoms with van der Waals surface area (Å²) < 4.78 is 0.985. The molecule has 0 spiro atoms. The second kappa shape index (κ2) is 4.29. The van der Waals surface area contributed by atoms with Crippen molar-refractivity contribution in [3.05, 3.63) is 39.3 Å². The normalized spacial score (nSPS) is 17.7. The molecule has 1 aliphatic heterocycles. The molecule has 3 rings (SSSR count). The van der Waals surface area contributed by atoms with Crippen LogP contribution < -0.4 is 5.32 Å². The lowest BCUT2D eigenvalue weighted by atomic mass is 10.1. The minimum Gasteiger partial charge on any atom is -0.361 e. The number of imide groups is 1. The number of halogens is 1. The third-order valence-electron chi connectivity index (χ3n) is 2.60. The maximum Gasteiger partial charge on any atom is 0.290 e. The molecule has 1 aliphatic rings. The van der Waals surface area contributed by atoms with Gasteiger partial charge in [-0.25, -0.2) is 0 Å². The van der Waals surface area contributed by atoms with Crippen LogP contribution in [0.1, 0.15) is 5.56 Å². The molecule has 1 aromatic carbocycles. The van der Waals surface area contributed by atoms with E-state index in [1.165, 1.54) is 0 Å². The number of thioether (sulfide) groups is 1. The van der Waals surface area contributed by atoms with Crippen molar-refractivity contribution < 1.29 is 9.59 Å². The van der Waals surface area contributed by atoms with E-state index in [0.29, 0.717) is 4.91 Å². The summed E-state index contributed by atoms with van der Waals surface area (Å²) >= 11 is 4.32. The number of rotatable bonds is 1. The number of aromatic amines is 1. The van der Waals surface area contributed by atoms with Crippen LogP contribution in [0.4, 0.5) is 4.79 Å². The molecule has 1 aromatic heterocycles. The van der Waals surface area contributed by atoms with Gasteiger partial charge in [-0.2, -0.15) is 0 Å². The Morgan fingerprint density at radius 2 is 2.11 bits per heavy atom. The Labute approximate surface area is 115 Å². The van der Waals surface area contributed by atoms with E-state index >= 15 is 0 Å². The second-order valence-electron chi connectivity index (χ2n) is 3.79. The molecular weight excluding hydrogens is 316 g/mol. The highest BCUT2D eigenvalue weighted by Gasteiger charge is 2.25. The van der Waals surface area contributed by atoms with Crippen LogP contribution in [0.25, 0.3) is 17.0 Å². The highest BCUT2D eigenvalue weighted by Crippen LogP contribution is 2.29. The summed E-state index contributed by atoms with van der Waals surface area (Å²) in [5.74, 6) is -0.337. The van der Waals surface area contributed by atoms with Gasteiger partial charge in [0.1, 0.15) is 0 Å². The van der Waals surface area contributed by atoms with Crippen molar-refractivity contribution >= 4 is 55.8 Å². The molecule has 0 unspecified atom stereocenters. The SMILES string of the molecule is O=C1NC(=O)C(=Cc2c[nH]c3cc(Br)ccc23)S1. The average Bonchev–Trinajstić information content (AvgIpc) is 2.84. The molecule has 0 radical (unpaired) electrons. The first kappa shape index (κ1) is 11.6. The molecule has 0 saturated carbocycles. The fourth-order valence-corrected chi connectivity index (χ4v) is 2.84. The summed E-state index contributed by atoms with van der Waals surface area (Å²) in [6.07, 6.45) is 3.54. The van der Waals surface area contributed by atoms with E-state index in [0.717, 1.165) is 32.7 Å². The number of hydrogen-bond acceptors (Lipinski definition) is 3. The van der Waals surface area contributed by atoms with Crippen molar-refractivity contribution in [2.45, 2.75) is 0 Å². The topological polar surface area (TPSA) is 62.0 Å². The van der Waals surface area contributed by atoms with Crippen molar-refractivity contribution in [1.29, 1.82) is 0 Å². The predicted octanol–water partition coefficient (Wildman–Crippen LogP) is 3.25. The van der Waals surface area contributed by atoms with E-state index in [9.17, 15) is 9.59 Å². The minimum absolute atomic E-state index is 0.325. The highest BCUT2D eigenvalue weighted by molar-refractivity contribution is 9.10. The van der Waals surface area contributed by atoms with E-state index < -0.39 is 0 Å². The monoisotopic (exact) mass is 322 g/mol. The first-order chi connectivity index (χ1) is 8.63. The predicted molar refractivity (Wildman–Crippen MR) is 75.1 cm³/mol. The number of nitrogens with one attached hydrogen (secondary N) is 2. The van der Waals surface area contributed by atoms with Gasteiger partial charge in [0.2, 0.25) is 0 Å². The molecule has 2 aromatic rings. The zero-order valence-corrected chi connectivity index (χ0v) is 11.4. The van der Waals surface area contributed by atoms with Gasteiger partial charge in [0.15, 0.2) is 0 Å². The Hall–Kier alpha value is -1.53. The lowest BCUT2D eigenvalue weighted by Gasteiger charge is -1.94. The van der Waals surface area contributed by atoms with Gasteiger partial charge >= 0.3 is 0 Å². The zero-order valence-electron chi connectivity index (χ0n) is 8.99. The first-order valence-corrected chi connectivity index (χ1v) is 6.76. The molecule has 0 bridgehead atoms. The number of benzene rings is 1. The van der Waals surface area contributed by atoms with Crippen molar-refractivity contribution in [2.24, 2.45) is 0 Å². The molecule has 2 heterocycles. The summed E-state index contributed by atoms with van der Waals surface area (Å²) in [6, 6.07) is 5.86. The van der Waals surface area contributed by atoms with Crippen molar-refractivity contribution in [3.63, 3.8) is 0 Å². The summed E-state index contributed by atoms with van der Waals surface area (Å²) in [5, 5.41) is 2.92. The lowest BCUT2D eigenvalue weighted by molar-refractivity contribution is -0.115. The fraction of sp³-hybridized carbons (Fsp3) is 0. The van der Waals surface area contributed by atoms with Crippen LogP contribution in [-0.2, 0) is 4.79 Å². The smallest absolute Gasteiger partial charge is 0.290 e. The standard InChI is InChI=1S/C12H7BrN2O2S/c13-7-1-2-8-6(5-14-9(8)4-7)3-10-11(16)15-12(17)18-10/h1-5,14H,(H,15,16,17). The van der Waals surface area contributed by atoms with Gasteiger partial charge in [-0.1, -0.05) is 22.0 Å². The first-order valence-electron chi connectivity index (χ1n) is 5.15. The number of carbonyl (C=O) groups excluding carboxylic acids is 2. The number of carbonyl (C=O) groups is 2. The second-order valence-corrected chi connectivity index (χ2v) is 5.72. The van der Waals surface area contributed by atoms with Gasteiger partial charge in [0.05, 0.1) is 4.91 Å². The third kappa shape index (κ3) is 1.97. The highest BCUT2D eigenvalue weighted by atomic mass is 79.9. The maximum atomic E-state index is 11.5. The molecule has 1 fully saturated rings. The van der Waals surface area contributed by atoms with Crippen LogP contribution in [0.2, 0.25) is 0 Å². The van der Waals surface area contributed by atoms with Crippen LogP contribution in [0.5, 0.6) is 0 Å². The minimum atomic E-state index is -0.337. The van der Waals surface area contributed by atoms with Crippen molar-refractivity contribution in [3.8, 4) is 0 Å². The Kier molecular flexibility index (Phi) is 2.76. The Morgan fingerprint density at radius 1 is 1.28 bits per heavy atom. The molecule has 0 atom stereocenters. The van der Waals surface area contributed by atoms with Crippen LogP contribution in [-0.4, -0.2) is 16.1 Å². The Bertz CT molecular complexity index is 705. The molecule has 1 saturated heterocycles. The van der Waals surface area contributed by atoms with Gasteiger partial charge < -0.3 is 4.98 Å². The van der Waals surface area contributed by atoms with Crippen LogP contribution in [0.3, 0.4) is 0 Å². The Morgan fingerprint density at radius 3 is 2.83 bits per heavy atom. The molecule has 6 heteroatoms. The molecule has 2 amide bonds. The van der Waals surface area contributed by atoms with E-state index in [1.54, 1.807) is 6.08 Å². The van der Waals surface area contributed by atoms with Crippen LogP contribution in [0.15, 0.2) is 33.8 Å². The molecule has 0 aliphatic carbocycles. The van der Waals surface area contributed by atoms with Gasteiger partial charge in [-0.3, -0.25) is 14.9 Å². The largest absolute Gasteiger partial charge is 0.361 e. The van der Waals surface area contributed by atoms with Crippen molar-refractivity contribution in [1.82, 2.24) is 10.3 Å². The summed E-state index contributed by atoms with van der Waals surface area (Å²) in [4.78, 5) is 26.1. The maximum absolute atomic E-state index is 11.5. The summed E-state index contributed by atoms with van der Waals surface area (Å²) in [5.41, 5.74) is 1.87. The van der Waals surface area contributed by atoms with E-state index in [2.05, 4.69) is 26.2 Å². The number of H-pyrrole nitrogens is 1. The van der Waals surface area contributed by atoms with Crippen LogP contribution in [0, 0.1) is 0 Å². The van der Waals surface area contributed by atoms with Gasteiger partial charge in [0, 0.05) is 27.1 Å². The molecule has 18 heavy (non-hydrogen) atoms. The Balaban J connectivity index is 2.08. The number of amides is 2. The zero-order chi connectivity index (χ0) is 12.7. The van der Waals surface area contributed by atoms with Crippen LogP contribution >= 0.6 is 27.7 Å². The fourth-order valence-electron chi connectivity index (χ4n) is 1.80. The molecule has 2 N–H and O–H groups in total. The average molecular weight is 323 g/mol. The van der Waals surface area contributed by atoms with E-state index in [-0.39, 0.29) is 11.1 Å². The summed E-state index contributed by atoms with van der Waals surface area (Å²) in [6.45, 7) is 0. The lowest BCUT2D eigenvalue weighted by Crippen LogP contribution is -2.17. The van der Waals surface area contributed by atoms with E-state index in [1.807, 2.05) is 24.4 Å². The number of aromatic nitrogens is 1. The quantitative estimate of drug-likeness (QED) is 0.792. The summed E-state index contributed by atoms with van der Waals surface area (Å²) in [7, 11) is 0. The number of fused-ring (bicyclic) bond motifs is 1. The number of hydrogen-bond donors (Lipinski definition) is 2. The molecular formula is C12H7BrN2O2S. The van der Waals surface area contributed by atoms with Gasteiger partial charge in [0.25, 0.3) is 11.1 Å². The van der Waals surface area contributed by atoms with Gasteiger partial charge in [-0.05, 0) is 30.0 Å². The van der Waals surface area contributed by atoms with Crippen molar-refractivity contribution in [2.75, 3.05) is 0 Å². The van der Waals surface area contributed by atoms with Gasteiger partial charge in [-0.15, -0.1) is 0 Å². The third-order valence-corrected chi connectivity index (χ3v) is 3.91. The molecule has 90 valence electrons.